The van der Waals surface area contributed by atoms with Crippen LogP contribution in [0.2, 0.25) is 0 Å². The van der Waals surface area contributed by atoms with Gasteiger partial charge < -0.3 is 10.2 Å². The molecule has 0 aromatic heterocycles. The number of Topliss-reactive ketones (excluding diaryl/α,β-unsaturated/α-hetero) is 2. The van der Waals surface area contributed by atoms with Gasteiger partial charge in [0, 0.05) is 0 Å². The Kier molecular flexibility index (Phi) is 11.1. The highest BCUT2D eigenvalue weighted by molar-refractivity contribution is 6.02. The van der Waals surface area contributed by atoms with Gasteiger partial charge in [-0.2, -0.15) is 0 Å². The number of rotatable bonds is 11. The van der Waals surface area contributed by atoms with Crippen LogP contribution in [0.15, 0.2) is 30.3 Å². The minimum atomic E-state index is -1.28. The summed E-state index contributed by atoms with van der Waals surface area (Å²) in [6, 6.07) is 9.24. The van der Waals surface area contributed by atoms with Crippen LogP contribution in [0.4, 0.5) is 0 Å². The van der Waals surface area contributed by atoms with Gasteiger partial charge in [0.2, 0.25) is 0 Å². The monoisotopic (exact) mass is 406 g/mol. The molecule has 0 amide bonds. The maximum absolute atomic E-state index is 11.6. The fraction of sp³-hybridized carbons (Fsp3) is 0.565. The van der Waals surface area contributed by atoms with E-state index in [1.165, 1.54) is 13.8 Å². The lowest BCUT2D eigenvalue weighted by Crippen LogP contribution is -2.39. The highest BCUT2D eigenvalue weighted by Gasteiger charge is 2.42. The fourth-order valence-electron chi connectivity index (χ4n) is 3.31. The fourth-order valence-corrected chi connectivity index (χ4v) is 3.31. The maximum Gasteiger partial charge on any atom is 0.317 e. The van der Waals surface area contributed by atoms with Crippen molar-refractivity contribution in [1.82, 2.24) is 0 Å². The van der Waals surface area contributed by atoms with Crippen LogP contribution in [-0.4, -0.2) is 33.7 Å². The van der Waals surface area contributed by atoms with Crippen LogP contribution in [0.1, 0.15) is 72.3 Å². The third-order valence-corrected chi connectivity index (χ3v) is 5.68. The van der Waals surface area contributed by atoms with Crippen LogP contribution in [0.5, 0.6) is 0 Å². The van der Waals surface area contributed by atoms with Crippen molar-refractivity contribution in [2.24, 2.45) is 10.8 Å². The molecule has 0 heterocycles. The molecule has 1 rings (SSSR count). The first kappa shape index (κ1) is 26.5. The van der Waals surface area contributed by atoms with Crippen molar-refractivity contribution in [2.75, 3.05) is 0 Å². The van der Waals surface area contributed by atoms with Crippen LogP contribution in [0.3, 0.4) is 0 Å². The van der Waals surface area contributed by atoms with Gasteiger partial charge in [-0.3, -0.25) is 19.2 Å². The minimum Gasteiger partial charge on any atom is -0.480 e. The number of aliphatic carboxylic acids is 2. The maximum atomic E-state index is 11.6. The molecule has 0 saturated heterocycles. The molecule has 1 aromatic carbocycles. The van der Waals surface area contributed by atoms with Crippen molar-refractivity contribution in [2.45, 2.75) is 73.1 Å². The lowest BCUT2D eigenvalue weighted by atomic mass is 9.76. The number of hydrogen-bond donors (Lipinski definition) is 2. The zero-order valence-electron chi connectivity index (χ0n) is 18.2. The normalized spacial score (nSPS) is 14.5. The number of benzene rings is 1. The Morgan fingerprint density at radius 2 is 1.24 bits per heavy atom. The van der Waals surface area contributed by atoms with Crippen LogP contribution in [-0.2, 0) is 25.6 Å². The van der Waals surface area contributed by atoms with E-state index in [9.17, 15) is 24.3 Å². The van der Waals surface area contributed by atoms with E-state index in [4.69, 9.17) is 5.11 Å². The van der Waals surface area contributed by atoms with E-state index in [0.717, 1.165) is 18.4 Å². The van der Waals surface area contributed by atoms with Gasteiger partial charge in [0.15, 0.2) is 0 Å². The quantitative estimate of drug-likeness (QED) is 0.522. The van der Waals surface area contributed by atoms with Crippen LogP contribution in [0.25, 0.3) is 0 Å². The van der Waals surface area contributed by atoms with Gasteiger partial charge in [-0.05, 0) is 45.1 Å². The predicted octanol–water partition coefficient (Wildman–Crippen LogP) is 4.55. The molecule has 162 valence electrons. The second-order valence-electron chi connectivity index (χ2n) is 7.36. The lowest BCUT2D eigenvalue weighted by molar-refractivity contribution is -0.156. The average Bonchev–Trinajstić information content (AvgIpc) is 2.67. The summed E-state index contributed by atoms with van der Waals surface area (Å²) in [6.45, 7) is 8.19. The standard InChI is InChI=1S/C13H16O3.C10H18O3/c1-3-13(10(2)14,12(15)16)9-11-7-5-4-6-8-11;1-4-6-7-10(5-2,8(3)11)9(12)13/h4-8H,3,9H2,1-2H3,(H,15,16);4-7H2,1-3H3,(H,12,13). The third-order valence-electron chi connectivity index (χ3n) is 5.68. The Bertz CT molecular complexity index is 665. The largest absolute Gasteiger partial charge is 0.480 e. The molecule has 2 atom stereocenters. The molecule has 29 heavy (non-hydrogen) atoms. The van der Waals surface area contributed by atoms with E-state index in [0.29, 0.717) is 19.3 Å². The van der Waals surface area contributed by atoms with E-state index in [1.54, 1.807) is 13.8 Å². The second kappa shape index (κ2) is 12.1. The lowest BCUT2D eigenvalue weighted by Gasteiger charge is -2.25. The van der Waals surface area contributed by atoms with Gasteiger partial charge in [-0.15, -0.1) is 0 Å². The molecule has 2 N–H and O–H groups in total. The number of carbonyl (C=O) groups is 4. The van der Waals surface area contributed by atoms with E-state index in [-0.39, 0.29) is 18.0 Å². The minimum absolute atomic E-state index is 0.226. The van der Waals surface area contributed by atoms with Gasteiger partial charge in [0.25, 0.3) is 0 Å². The summed E-state index contributed by atoms with van der Waals surface area (Å²) in [4.78, 5) is 45.1. The molecule has 2 unspecified atom stereocenters. The van der Waals surface area contributed by atoms with Crippen molar-refractivity contribution in [3.63, 3.8) is 0 Å². The van der Waals surface area contributed by atoms with Crippen molar-refractivity contribution < 1.29 is 29.4 Å². The molecular weight excluding hydrogens is 372 g/mol. The SMILES string of the molecule is CCC(Cc1ccccc1)(C(C)=O)C(=O)O.CCCCC(CC)(C(C)=O)C(=O)O. The van der Waals surface area contributed by atoms with Crippen LogP contribution < -0.4 is 0 Å². The number of carbonyl (C=O) groups excluding carboxylic acids is 2. The van der Waals surface area contributed by atoms with E-state index in [2.05, 4.69) is 0 Å². The number of carboxylic acid groups (broad SMARTS) is 2. The average molecular weight is 407 g/mol. The first-order valence-corrected chi connectivity index (χ1v) is 10.1. The summed E-state index contributed by atoms with van der Waals surface area (Å²) in [5, 5.41) is 18.2. The third kappa shape index (κ3) is 6.80. The van der Waals surface area contributed by atoms with E-state index >= 15 is 0 Å². The zero-order valence-corrected chi connectivity index (χ0v) is 18.2. The Morgan fingerprint density at radius 1 is 0.793 bits per heavy atom. The molecule has 0 spiro atoms. The Hall–Kier alpha value is -2.50. The van der Waals surface area contributed by atoms with Gasteiger partial charge in [0.1, 0.15) is 22.4 Å². The molecular formula is C23H34O6. The number of hydrogen-bond acceptors (Lipinski definition) is 4. The Labute approximate surface area is 173 Å². The first-order chi connectivity index (χ1) is 13.5. The van der Waals surface area contributed by atoms with E-state index < -0.39 is 22.8 Å². The summed E-state index contributed by atoms with van der Waals surface area (Å²) in [6.07, 6.45) is 3.13. The molecule has 0 saturated carbocycles. The molecule has 0 bridgehead atoms. The first-order valence-electron chi connectivity index (χ1n) is 10.1. The summed E-state index contributed by atoms with van der Waals surface area (Å²) < 4.78 is 0. The summed E-state index contributed by atoms with van der Waals surface area (Å²) in [5.41, 5.74) is -1.53. The van der Waals surface area contributed by atoms with Crippen molar-refractivity contribution >= 4 is 23.5 Å². The van der Waals surface area contributed by atoms with Gasteiger partial charge >= 0.3 is 11.9 Å². The topological polar surface area (TPSA) is 109 Å². The number of carboxylic acids is 2. The van der Waals surface area contributed by atoms with Gasteiger partial charge in [-0.1, -0.05) is 63.9 Å². The molecule has 0 fully saturated rings. The number of ketones is 2. The van der Waals surface area contributed by atoms with Gasteiger partial charge in [-0.25, -0.2) is 0 Å². The van der Waals surface area contributed by atoms with Crippen molar-refractivity contribution in [3.05, 3.63) is 35.9 Å². The highest BCUT2D eigenvalue weighted by atomic mass is 16.4. The summed E-state index contributed by atoms with van der Waals surface area (Å²) >= 11 is 0. The molecule has 6 nitrogen and oxygen atoms in total. The zero-order chi connectivity index (χ0) is 22.7. The van der Waals surface area contributed by atoms with Crippen LogP contribution in [0, 0.1) is 10.8 Å². The smallest absolute Gasteiger partial charge is 0.317 e. The second-order valence-corrected chi connectivity index (χ2v) is 7.36. The van der Waals surface area contributed by atoms with Crippen molar-refractivity contribution in [1.29, 1.82) is 0 Å². The van der Waals surface area contributed by atoms with E-state index in [1.807, 2.05) is 37.3 Å². The van der Waals surface area contributed by atoms with Gasteiger partial charge in [0.05, 0.1) is 0 Å². The predicted molar refractivity (Wildman–Crippen MR) is 112 cm³/mol. The van der Waals surface area contributed by atoms with Crippen molar-refractivity contribution in [3.8, 4) is 0 Å². The highest BCUT2D eigenvalue weighted by Crippen LogP contribution is 2.30. The Balaban J connectivity index is 0.000000555. The summed E-state index contributed by atoms with van der Waals surface area (Å²) in [7, 11) is 0. The Morgan fingerprint density at radius 3 is 1.55 bits per heavy atom. The summed E-state index contributed by atoms with van der Waals surface area (Å²) in [5.74, 6) is -2.52. The molecule has 1 aromatic rings. The molecule has 6 heteroatoms. The molecule has 0 aliphatic carbocycles. The molecule has 0 aliphatic heterocycles. The van der Waals surface area contributed by atoms with Crippen LogP contribution >= 0.6 is 0 Å². The number of unbranched alkanes of at least 4 members (excludes halogenated alkanes) is 1. The molecule has 0 aliphatic rings. The molecule has 0 radical (unpaired) electrons.